The minimum atomic E-state index is -0.525. The van der Waals surface area contributed by atoms with Crippen molar-refractivity contribution >= 4 is 33.4 Å². The van der Waals surface area contributed by atoms with Crippen LogP contribution in [0.15, 0.2) is 16.6 Å². The lowest BCUT2D eigenvalue weighted by molar-refractivity contribution is 0.0636. The molecule has 0 spiro atoms. The molecule has 94 valence electrons. The molecule has 0 aromatic heterocycles. The van der Waals surface area contributed by atoms with E-state index in [1.54, 1.807) is 6.07 Å². The van der Waals surface area contributed by atoms with Gasteiger partial charge >= 0.3 is 6.09 Å². The van der Waals surface area contributed by atoms with Gasteiger partial charge in [-0.15, -0.1) is 0 Å². The summed E-state index contributed by atoms with van der Waals surface area (Å²) in [5.41, 5.74) is 7.35. The van der Waals surface area contributed by atoms with Gasteiger partial charge in [0.25, 0.3) is 0 Å². The molecule has 5 heteroatoms. The van der Waals surface area contributed by atoms with E-state index in [2.05, 4.69) is 21.2 Å². The fourth-order valence-corrected chi connectivity index (χ4v) is 1.57. The topological polar surface area (TPSA) is 64.3 Å². The summed E-state index contributed by atoms with van der Waals surface area (Å²) in [5.74, 6) is 0. The number of nitrogen functional groups attached to an aromatic ring is 1. The van der Waals surface area contributed by atoms with Crippen molar-refractivity contribution < 1.29 is 9.53 Å². The van der Waals surface area contributed by atoms with Crippen LogP contribution in [0.3, 0.4) is 0 Å². The first-order valence-corrected chi connectivity index (χ1v) is 6.04. The number of halogens is 1. The van der Waals surface area contributed by atoms with Crippen LogP contribution in [0.2, 0.25) is 0 Å². The van der Waals surface area contributed by atoms with Crippen LogP contribution >= 0.6 is 15.9 Å². The van der Waals surface area contributed by atoms with Crippen LogP contribution < -0.4 is 11.1 Å². The van der Waals surface area contributed by atoms with Crippen molar-refractivity contribution in [1.29, 1.82) is 0 Å². The predicted molar refractivity (Wildman–Crippen MR) is 73.1 cm³/mol. The average molecular weight is 301 g/mol. The number of ether oxygens (including phenoxy) is 1. The monoisotopic (exact) mass is 300 g/mol. The fraction of sp³-hybridized carbons (Fsp3) is 0.417. The molecule has 17 heavy (non-hydrogen) atoms. The van der Waals surface area contributed by atoms with Gasteiger partial charge in [-0.3, -0.25) is 5.32 Å². The molecule has 0 unspecified atom stereocenters. The Morgan fingerprint density at radius 3 is 2.53 bits per heavy atom. The molecule has 0 atom stereocenters. The number of benzene rings is 1. The van der Waals surface area contributed by atoms with Crippen LogP contribution in [0, 0.1) is 6.92 Å². The van der Waals surface area contributed by atoms with Gasteiger partial charge in [-0.25, -0.2) is 4.79 Å². The highest BCUT2D eigenvalue weighted by Crippen LogP contribution is 2.29. The van der Waals surface area contributed by atoms with Crippen LogP contribution in [-0.4, -0.2) is 11.7 Å². The number of amides is 1. The zero-order valence-electron chi connectivity index (χ0n) is 10.4. The zero-order valence-corrected chi connectivity index (χ0v) is 12.0. The molecular weight excluding hydrogens is 284 g/mol. The largest absolute Gasteiger partial charge is 0.444 e. The first-order chi connectivity index (χ1) is 7.70. The minimum absolute atomic E-state index is 0.508. The van der Waals surface area contributed by atoms with E-state index >= 15 is 0 Å². The van der Waals surface area contributed by atoms with Crippen molar-refractivity contribution in [3.05, 3.63) is 22.2 Å². The van der Waals surface area contributed by atoms with Crippen LogP contribution in [-0.2, 0) is 4.74 Å². The smallest absolute Gasteiger partial charge is 0.412 e. The van der Waals surface area contributed by atoms with E-state index in [0.717, 1.165) is 10.0 Å². The van der Waals surface area contributed by atoms with Crippen molar-refractivity contribution in [2.45, 2.75) is 33.3 Å². The molecule has 0 fully saturated rings. The fourth-order valence-electron chi connectivity index (χ4n) is 1.22. The van der Waals surface area contributed by atoms with Gasteiger partial charge in [0.2, 0.25) is 0 Å². The van der Waals surface area contributed by atoms with Gasteiger partial charge in [0, 0.05) is 4.47 Å². The quantitative estimate of drug-likeness (QED) is 0.778. The summed E-state index contributed by atoms with van der Waals surface area (Å²) in [4.78, 5) is 11.6. The Morgan fingerprint density at radius 1 is 1.41 bits per heavy atom. The van der Waals surface area contributed by atoms with Crippen molar-refractivity contribution in [2.24, 2.45) is 0 Å². The molecule has 0 heterocycles. The lowest BCUT2D eigenvalue weighted by Crippen LogP contribution is -2.27. The second kappa shape index (κ2) is 4.96. The highest BCUT2D eigenvalue weighted by molar-refractivity contribution is 9.10. The summed E-state index contributed by atoms with van der Waals surface area (Å²) in [6.07, 6.45) is -0.508. The van der Waals surface area contributed by atoms with E-state index in [1.165, 1.54) is 0 Å². The van der Waals surface area contributed by atoms with E-state index in [-0.39, 0.29) is 0 Å². The maximum absolute atomic E-state index is 11.6. The Balaban J connectivity index is 2.83. The molecule has 1 rings (SSSR count). The van der Waals surface area contributed by atoms with Gasteiger partial charge in [0.05, 0.1) is 11.4 Å². The van der Waals surface area contributed by atoms with Crippen LogP contribution in [0.1, 0.15) is 26.3 Å². The zero-order chi connectivity index (χ0) is 13.2. The number of nitrogens with one attached hydrogen (secondary N) is 1. The third-order valence-corrected chi connectivity index (χ3v) is 2.94. The molecule has 0 saturated carbocycles. The Labute approximate surface area is 110 Å². The highest BCUT2D eigenvalue weighted by Gasteiger charge is 2.17. The Bertz CT molecular complexity index is 439. The second-order valence-corrected chi connectivity index (χ2v) is 5.61. The SMILES string of the molecule is Cc1c(Br)ccc(NC(=O)OC(C)(C)C)c1N. The molecule has 1 aromatic rings. The molecular formula is C12H17BrN2O2. The van der Waals surface area contributed by atoms with Gasteiger partial charge in [-0.1, -0.05) is 15.9 Å². The highest BCUT2D eigenvalue weighted by atomic mass is 79.9. The number of anilines is 2. The number of rotatable bonds is 1. The molecule has 0 saturated heterocycles. The summed E-state index contributed by atoms with van der Waals surface area (Å²) in [7, 11) is 0. The maximum atomic E-state index is 11.6. The van der Waals surface area contributed by atoms with Crippen molar-refractivity contribution in [3.63, 3.8) is 0 Å². The minimum Gasteiger partial charge on any atom is -0.444 e. The van der Waals surface area contributed by atoms with Crippen molar-refractivity contribution in [3.8, 4) is 0 Å². The predicted octanol–water partition coefficient (Wildman–Crippen LogP) is 3.69. The molecule has 3 N–H and O–H groups in total. The molecule has 0 radical (unpaired) electrons. The molecule has 0 aliphatic carbocycles. The summed E-state index contributed by atoms with van der Waals surface area (Å²) < 4.78 is 6.06. The lowest BCUT2D eigenvalue weighted by Gasteiger charge is -2.20. The Morgan fingerprint density at radius 2 is 2.00 bits per heavy atom. The third kappa shape index (κ3) is 3.93. The maximum Gasteiger partial charge on any atom is 0.412 e. The van der Waals surface area contributed by atoms with Gasteiger partial charge in [0.1, 0.15) is 5.60 Å². The number of carbonyl (C=O) groups is 1. The van der Waals surface area contributed by atoms with Crippen molar-refractivity contribution in [2.75, 3.05) is 11.1 Å². The van der Waals surface area contributed by atoms with Gasteiger partial charge < -0.3 is 10.5 Å². The molecule has 4 nitrogen and oxygen atoms in total. The number of nitrogens with two attached hydrogens (primary N) is 1. The van der Waals surface area contributed by atoms with Crippen LogP contribution in [0.5, 0.6) is 0 Å². The summed E-state index contributed by atoms with van der Waals surface area (Å²) >= 11 is 3.37. The molecule has 0 bridgehead atoms. The van der Waals surface area contributed by atoms with E-state index in [0.29, 0.717) is 11.4 Å². The van der Waals surface area contributed by atoms with Crippen LogP contribution in [0.25, 0.3) is 0 Å². The average Bonchev–Trinajstić information content (AvgIpc) is 2.16. The van der Waals surface area contributed by atoms with E-state index in [1.807, 2.05) is 33.8 Å². The normalized spacial score (nSPS) is 11.1. The van der Waals surface area contributed by atoms with Gasteiger partial charge in [-0.05, 0) is 45.4 Å². The summed E-state index contributed by atoms with van der Waals surface area (Å²) in [6, 6.07) is 3.56. The van der Waals surface area contributed by atoms with Crippen molar-refractivity contribution in [1.82, 2.24) is 0 Å². The van der Waals surface area contributed by atoms with Gasteiger partial charge in [-0.2, -0.15) is 0 Å². The Hall–Kier alpha value is -1.23. The van der Waals surface area contributed by atoms with E-state index < -0.39 is 11.7 Å². The number of carbonyl (C=O) groups excluding carboxylic acids is 1. The molecule has 0 aliphatic heterocycles. The first-order valence-electron chi connectivity index (χ1n) is 5.25. The number of hydrogen-bond donors (Lipinski definition) is 2. The van der Waals surface area contributed by atoms with Crippen LogP contribution in [0.4, 0.5) is 16.2 Å². The molecule has 1 amide bonds. The Kier molecular flexibility index (Phi) is 4.03. The molecule has 1 aromatic carbocycles. The number of hydrogen-bond acceptors (Lipinski definition) is 3. The third-order valence-electron chi connectivity index (χ3n) is 2.08. The van der Waals surface area contributed by atoms with E-state index in [9.17, 15) is 4.79 Å². The second-order valence-electron chi connectivity index (χ2n) is 4.76. The summed E-state index contributed by atoms with van der Waals surface area (Å²) in [5, 5.41) is 2.63. The lowest BCUT2D eigenvalue weighted by atomic mass is 10.2. The first kappa shape index (κ1) is 13.8. The standard InChI is InChI=1S/C12H17BrN2O2/c1-7-8(13)5-6-9(10(7)14)15-11(16)17-12(2,3)4/h5-6H,14H2,1-4H3,(H,15,16). The molecule has 0 aliphatic rings. The van der Waals surface area contributed by atoms with Gasteiger partial charge in [0.15, 0.2) is 0 Å². The summed E-state index contributed by atoms with van der Waals surface area (Å²) in [6.45, 7) is 7.30. The van der Waals surface area contributed by atoms with E-state index in [4.69, 9.17) is 10.5 Å².